The highest BCUT2D eigenvalue weighted by Crippen LogP contribution is 2.34. The minimum absolute atomic E-state index is 0.0519. The fraction of sp³-hybridized carbons (Fsp3) is 0.500. The van der Waals surface area contributed by atoms with Gasteiger partial charge in [0.05, 0.1) is 14.1 Å². The van der Waals surface area contributed by atoms with E-state index in [9.17, 15) is 8.42 Å². The lowest BCUT2D eigenvalue weighted by Crippen LogP contribution is -2.49. The number of sulfonamides is 1. The van der Waals surface area contributed by atoms with Crippen LogP contribution in [0.5, 0.6) is 0 Å². The average molecular weight is 324 g/mol. The average Bonchev–Trinajstić information content (AvgIpc) is 2.47. The van der Waals surface area contributed by atoms with Gasteiger partial charge in [-0.1, -0.05) is 6.08 Å². The Morgan fingerprint density at radius 2 is 1.95 bits per heavy atom. The van der Waals surface area contributed by atoms with Crippen LogP contribution >= 0.6 is 0 Å². The fourth-order valence-corrected chi connectivity index (χ4v) is 3.72. The second kappa shape index (κ2) is 6.68. The van der Waals surface area contributed by atoms with Crippen molar-refractivity contribution in [2.45, 2.75) is 18.1 Å². The standard InChI is InChI=1S/C16H22NO4S/c1-7-11-16(21-6)13-14(9-10-15(16)20-5)22(18,19)17(3,4)12-8-2/h1-2,9-10,13,15H,11-12H2,3-6H3/q+1. The maximum absolute atomic E-state index is 12.8. The van der Waals surface area contributed by atoms with Gasteiger partial charge >= 0.3 is 10.0 Å². The summed E-state index contributed by atoms with van der Waals surface area (Å²) >= 11 is 0. The summed E-state index contributed by atoms with van der Waals surface area (Å²) in [6.07, 6.45) is 15.1. The van der Waals surface area contributed by atoms with Crippen molar-refractivity contribution in [1.82, 2.24) is 0 Å². The highest BCUT2D eigenvalue weighted by atomic mass is 32.2. The minimum Gasteiger partial charge on any atom is -0.374 e. The number of methoxy groups -OCH3 is 2. The van der Waals surface area contributed by atoms with Crippen LogP contribution in [-0.2, 0) is 19.5 Å². The maximum Gasteiger partial charge on any atom is 0.327 e. The number of ether oxygens (including phenoxy) is 2. The molecule has 0 heterocycles. The third kappa shape index (κ3) is 3.11. The Morgan fingerprint density at radius 3 is 2.41 bits per heavy atom. The van der Waals surface area contributed by atoms with Gasteiger partial charge in [-0.05, 0) is 18.1 Å². The molecule has 6 heteroatoms. The second-order valence-corrected chi connectivity index (χ2v) is 7.92. The first-order valence-electron chi connectivity index (χ1n) is 6.65. The number of allylic oxidation sites excluding steroid dienone is 1. The topological polar surface area (TPSA) is 52.6 Å². The van der Waals surface area contributed by atoms with Crippen LogP contribution < -0.4 is 0 Å². The van der Waals surface area contributed by atoms with Crippen molar-refractivity contribution < 1.29 is 21.8 Å². The lowest BCUT2D eigenvalue weighted by molar-refractivity contribution is -0.752. The lowest BCUT2D eigenvalue weighted by atomic mass is 9.88. The second-order valence-electron chi connectivity index (χ2n) is 5.51. The van der Waals surface area contributed by atoms with Gasteiger partial charge in [-0.15, -0.1) is 18.8 Å². The quantitative estimate of drug-likeness (QED) is 0.538. The molecule has 2 atom stereocenters. The van der Waals surface area contributed by atoms with Crippen LogP contribution in [0.3, 0.4) is 0 Å². The molecule has 0 aliphatic heterocycles. The molecule has 5 nitrogen and oxygen atoms in total. The molecule has 0 fully saturated rings. The Morgan fingerprint density at radius 1 is 1.32 bits per heavy atom. The molecule has 120 valence electrons. The van der Waals surface area contributed by atoms with E-state index in [4.69, 9.17) is 22.3 Å². The molecule has 0 aromatic carbocycles. The molecule has 0 bridgehead atoms. The van der Waals surface area contributed by atoms with Crippen LogP contribution in [0.2, 0.25) is 0 Å². The molecule has 0 radical (unpaired) electrons. The van der Waals surface area contributed by atoms with E-state index in [0.717, 1.165) is 0 Å². The van der Waals surface area contributed by atoms with Gasteiger partial charge in [-0.25, -0.2) is 3.89 Å². The summed E-state index contributed by atoms with van der Waals surface area (Å²) in [7, 11) is 2.39. The Bertz CT molecular complexity index is 661. The zero-order valence-corrected chi connectivity index (χ0v) is 14.2. The van der Waals surface area contributed by atoms with Crippen molar-refractivity contribution in [2.24, 2.45) is 0 Å². The van der Waals surface area contributed by atoms with Gasteiger partial charge in [0.2, 0.25) is 0 Å². The highest BCUT2D eigenvalue weighted by molar-refractivity contribution is 7.90. The smallest absolute Gasteiger partial charge is 0.327 e. The third-order valence-electron chi connectivity index (χ3n) is 3.74. The van der Waals surface area contributed by atoms with E-state index in [1.54, 1.807) is 20.2 Å². The van der Waals surface area contributed by atoms with Gasteiger partial charge in [-0.2, -0.15) is 8.42 Å². The molecule has 0 aromatic rings. The van der Waals surface area contributed by atoms with Crippen molar-refractivity contribution in [3.05, 3.63) is 23.1 Å². The lowest BCUT2D eigenvalue weighted by Gasteiger charge is -2.37. The first-order chi connectivity index (χ1) is 10.2. The van der Waals surface area contributed by atoms with Crippen molar-refractivity contribution >= 4 is 10.0 Å². The molecule has 0 aromatic heterocycles. The van der Waals surface area contributed by atoms with Crippen LogP contribution in [-0.4, -0.2) is 58.9 Å². The van der Waals surface area contributed by atoms with Gasteiger partial charge in [0.15, 0.2) is 6.54 Å². The molecule has 0 N–H and O–H groups in total. The summed E-state index contributed by atoms with van der Waals surface area (Å²) in [5.41, 5.74) is -1.02. The Kier molecular flexibility index (Phi) is 5.61. The van der Waals surface area contributed by atoms with Gasteiger partial charge in [0, 0.05) is 20.6 Å². The number of rotatable bonds is 6. The van der Waals surface area contributed by atoms with Crippen molar-refractivity contribution in [1.29, 1.82) is 0 Å². The Balaban J connectivity index is 3.41. The third-order valence-corrected chi connectivity index (χ3v) is 6.02. The number of hydrogen-bond donors (Lipinski definition) is 0. The predicted molar refractivity (Wildman–Crippen MR) is 85.9 cm³/mol. The summed E-state index contributed by atoms with van der Waals surface area (Å²) in [5.74, 6) is 4.90. The normalized spacial score (nSPS) is 25.2. The predicted octanol–water partition coefficient (Wildman–Crippen LogP) is 0.903. The summed E-state index contributed by atoms with van der Waals surface area (Å²) in [6.45, 7) is 0.0519. The molecule has 0 saturated carbocycles. The summed E-state index contributed by atoms with van der Waals surface area (Å²) in [5, 5.41) is 0. The van der Waals surface area contributed by atoms with Crippen molar-refractivity contribution in [3.8, 4) is 24.7 Å². The van der Waals surface area contributed by atoms with E-state index in [1.165, 1.54) is 26.4 Å². The summed E-state index contributed by atoms with van der Waals surface area (Å²) in [6, 6.07) is 0. The fourth-order valence-electron chi connectivity index (χ4n) is 2.30. The highest BCUT2D eigenvalue weighted by Gasteiger charge is 2.43. The van der Waals surface area contributed by atoms with E-state index >= 15 is 0 Å². The molecule has 22 heavy (non-hydrogen) atoms. The first kappa shape index (κ1) is 18.5. The summed E-state index contributed by atoms with van der Waals surface area (Å²) < 4.78 is 36.1. The molecule has 2 unspecified atom stereocenters. The zero-order valence-electron chi connectivity index (χ0n) is 13.4. The van der Waals surface area contributed by atoms with Gasteiger partial charge in [-0.3, -0.25) is 0 Å². The van der Waals surface area contributed by atoms with Crippen molar-refractivity contribution in [3.63, 3.8) is 0 Å². The van der Waals surface area contributed by atoms with Gasteiger partial charge < -0.3 is 9.47 Å². The molecule has 1 aliphatic rings. The van der Waals surface area contributed by atoms with E-state index in [2.05, 4.69) is 11.8 Å². The number of terminal acetylenes is 2. The van der Waals surface area contributed by atoms with Crippen LogP contribution in [0.15, 0.2) is 23.1 Å². The van der Waals surface area contributed by atoms with Crippen molar-refractivity contribution in [2.75, 3.05) is 34.9 Å². The van der Waals surface area contributed by atoms with Crippen LogP contribution in [0.4, 0.5) is 0 Å². The molecular formula is C16H22NO4S+. The Labute approximate surface area is 133 Å². The van der Waals surface area contributed by atoms with Crippen LogP contribution in [0.25, 0.3) is 0 Å². The number of nitrogens with zero attached hydrogens (tertiary/aromatic N) is 1. The van der Waals surface area contributed by atoms with Gasteiger partial charge in [0.25, 0.3) is 0 Å². The van der Waals surface area contributed by atoms with Crippen LogP contribution in [0.1, 0.15) is 6.42 Å². The minimum atomic E-state index is -3.69. The zero-order chi connectivity index (χ0) is 17.0. The monoisotopic (exact) mass is 324 g/mol. The molecule has 0 spiro atoms. The van der Waals surface area contributed by atoms with E-state index < -0.39 is 21.7 Å². The summed E-state index contributed by atoms with van der Waals surface area (Å²) in [4.78, 5) is 0.123. The largest absolute Gasteiger partial charge is 0.374 e. The maximum atomic E-state index is 12.8. The van der Waals surface area contributed by atoms with E-state index in [0.29, 0.717) is 0 Å². The molecule has 0 saturated heterocycles. The first-order valence-corrected chi connectivity index (χ1v) is 8.09. The molecule has 0 amide bonds. The Hall–Kier alpha value is -1.57. The molecule has 1 aliphatic carbocycles. The van der Waals surface area contributed by atoms with Crippen LogP contribution in [0, 0.1) is 24.7 Å². The molecular weight excluding hydrogens is 302 g/mol. The molecule has 1 rings (SSSR count). The number of hydrogen-bond acceptors (Lipinski definition) is 4. The van der Waals surface area contributed by atoms with E-state index in [1.807, 2.05) is 0 Å². The van der Waals surface area contributed by atoms with E-state index in [-0.39, 0.29) is 21.8 Å². The van der Waals surface area contributed by atoms with Gasteiger partial charge in [0.1, 0.15) is 16.6 Å². The number of quaternary nitrogens is 1. The SMILES string of the molecule is C#CCC1(OC)C=C(S(=O)(=O)[N+](C)(C)CC#C)C=CC1OC.